The maximum absolute atomic E-state index is 11.8. The number of aliphatic hydroxyl groups is 2. The number of thiocarbonyl (C=S) groups is 1. The fourth-order valence-electron chi connectivity index (χ4n) is 1.92. The first-order valence-corrected chi connectivity index (χ1v) is 8.15. The van der Waals surface area contributed by atoms with Gasteiger partial charge in [0, 0.05) is 24.9 Å². The van der Waals surface area contributed by atoms with Gasteiger partial charge in [-0.05, 0) is 12.0 Å². The highest BCUT2D eigenvalue weighted by atomic mass is 32.1. The van der Waals surface area contributed by atoms with E-state index in [0.29, 0.717) is 18.0 Å². The SMILES string of the molecule is CC(C)(CO)[C@@H](O)C(=O)NCCC(=S)NCCc1ccccc1. The van der Waals surface area contributed by atoms with Crippen molar-refractivity contribution in [2.75, 3.05) is 19.7 Å². The molecule has 128 valence electrons. The predicted molar refractivity (Wildman–Crippen MR) is 95.2 cm³/mol. The van der Waals surface area contributed by atoms with Crippen LogP contribution in [0.15, 0.2) is 30.3 Å². The van der Waals surface area contributed by atoms with E-state index in [1.807, 2.05) is 18.2 Å². The van der Waals surface area contributed by atoms with Gasteiger partial charge in [0.15, 0.2) is 0 Å². The van der Waals surface area contributed by atoms with Crippen molar-refractivity contribution in [2.24, 2.45) is 5.41 Å². The van der Waals surface area contributed by atoms with Crippen LogP contribution in [-0.2, 0) is 11.2 Å². The zero-order chi connectivity index (χ0) is 17.3. The van der Waals surface area contributed by atoms with Crippen LogP contribution in [0, 0.1) is 5.41 Å². The van der Waals surface area contributed by atoms with Crippen molar-refractivity contribution in [2.45, 2.75) is 32.8 Å². The number of nitrogens with one attached hydrogen (secondary N) is 2. The van der Waals surface area contributed by atoms with Crippen molar-refractivity contribution in [3.8, 4) is 0 Å². The van der Waals surface area contributed by atoms with Crippen molar-refractivity contribution >= 4 is 23.1 Å². The van der Waals surface area contributed by atoms with Crippen LogP contribution >= 0.6 is 12.2 Å². The average Bonchev–Trinajstić information content (AvgIpc) is 2.55. The van der Waals surface area contributed by atoms with Crippen molar-refractivity contribution in [3.05, 3.63) is 35.9 Å². The third kappa shape index (κ3) is 7.07. The Balaban J connectivity index is 2.20. The summed E-state index contributed by atoms with van der Waals surface area (Å²) in [5.74, 6) is -0.490. The molecule has 0 bridgehead atoms. The largest absolute Gasteiger partial charge is 0.396 e. The van der Waals surface area contributed by atoms with Gasteiger partial charge in [0.05, 0.1) is 11.6 Å². The van der Waals surface area contributed by atoms with E-state index in [-0.39, 0.29) is 6.61 Å². The monoisotopic (exact) mass is 338 g/mol. The minimum Gasteiger partial charge on any atom is -0.396 e. The number of aliphatic hydroxyl groups excluding tert-OH is 2. The van der Waals surface area contributed by atoms with Gasteiger partial charge in [-0.25, -0.2) is 0 Å². The fourth-order valence-corrected chi connectivity index (χ4v) is 2.12. The van der Waals surface area contributed by atoms with Gasteiger partial charge in [-0.1, -0.05) is 56.4 Å². The van der Waals surface area contributed by atoms with Crippen LogP contribution in [0.4, 0.5) is 0 Å². The molecule has 0 saturated carbocycles. The summed E-state index contributed by atoms with van der Waals surface area (Å²) in [6, 6.07) is 10.1. The molecule has 1 atom stereocenters. The Morgan fingerprint density at radius 3 is 2.48 bits per heavy atom. The summed E-state index contributed by atoms with van der Waals surface area (Å²) < 4.78 is 0. The Kier molecular flexibility index (Phi) is 8.16. The van der Waals surface area contributed by atoms with Crippen LogP contribution in [-0.4, -0.2) is 46.9 Å². The van der Waals surface area contributed by atoms with E-state index in [9.17, 15) is 9.90 Å². The van der Waals surface area contributed by atoms with E-state index in [2.05, 4.69) is 22.8 Å². The molecule has 1 aromatic carbocycles. The number of amides is 1. The molecule has 0 radical (unpaired) electrons. The summed E-state index contributed by atoms with van der Waals surface area (Å²) in [6.45, 7) is 4.10. The van der Waals surface area contributed by atoms with Gasteiger partial charge < -0.3 is 20.8 Å². The standard InChI is InChI=1S/C17H26N2O3S/c1-17(2,12-20)15(21)16(22)19-11-9-14(23)18-10-8-13-6-4-3-5-7-13/h3-7,15,20-21H,8-12H2,1-2H3,(H,18,23)(H,19,22)/t15-/m0/s1. The minimum atomic E-state index is -1.24. The van der Waals surface area contributed by atoms with Crippen molar-refractivity contribution < 1.29 is 15.0 Å². The van der Waals surface area contributed by atoms with Crippen molar-refractivity contribution in [3.63, 3.8) is 0 Å². The second kappa shape index (κ2) is 9.60. The molecular weight excluding hydrogens is 312 g/mol. The van der Waals surface area contributed by atoms with Crippen LogP contribution in [0.5, 0.6) is 0 Å². The third-order valence-corrected chi connectivity index (χ3v) is 3.97. The minimum absolute atomic E-state index is 0.263. The van der Waals surface area contributed by atoms with E-state index < -0.39 is 17.4 Å². The molecule has 5 nitrogen and oxygen atoms in total. The molecule has 23 heavy (non-hydrogen) atoms. The summed E-state index contributed by atoms with van der Waals surface area (Å²) in [7, 11) is 0. The molecule has 6 heteroatoms. The second-order valence-corrected chi connectivity index (χ2v) is 6.67. The molecular formula is C17H26N2O3S. The average molecular weight is 338 g/mol. The molecule has 0 unspecified atom stereocenters. The molecule has 0 heterocycles. The second-order valence-electron chi connectivity index (χ2n) is 6.18. The van der Waals surface area contributed by atoms with Crippen LogP contribution in [0.25, 0.3) is 0 Å². The van der Waals surface area contributed by atoms with E-state index in [1.54, 1.807) is 13.8 Å². The van der Waals surface area contributed by atoms with E-state index >= 15 is 0 Å². The molecule has 1 rings (SSSR count). The maximum Gasteiger partial charge on any atom is 0.249 e. The number of hydrogen-bond donors (Lipinski definition) is 4. The zero-order valence-corrected chi connectivity index (χ0v) is 14.5. The molecule has 4 N–H and O–H groups in total. The highest BCUT2D eigenvalue weighted by Gasteiger charge is 2.32. The van der Waals surface area contributed by atoms with Crippen LogP contribution in [0.3, 0.4) is 0 Å². The smallest absolute Gasteiger partial charge is 0.249 e. The lowest BCUT2D eigenvalue weighted by atomic mass is 9.87. The Morgan fingerprint density at radius 2 is 1.87 bits per heavy atom. The predicted octanol–water partition coefficient (Wildman–Crippen LogP) is 1.03. The Hall–Kier alpha value is -1.50. The molecule has 0 aromatic heterocycles. The van der Waals surface area contributed by atoms with Crippen LogP contribution in [0.1, 0.15) is 25.8 Å². The summed E-state index contributed by atoms with van der Waals surface area (Å²) in [4.78, 5) is 12.5. The highest BCUT2D eigenvalue weighted by molar-refractivity contribution is 7.80. The number of rotatable bonds is 9. The molecule has 0 aliphatic heterocycles. The first-order valence-electron chi connectivity index (χ1n) is 7.74. The van der Waals surface area contributed by atoms with Crippen molar-refractivity contribution in [1.82, 2.24) is 10.6 Å². The molecule has 0 spiro atoms. The first-order chi connectivity index (χ1) is 10.9. The van der Waals surface area contributed by atoms with Gasteiger partial charge in [0.1, 0.15) is 6.10 Å². The van der Waals surface area contributed by atoms with Gasteiger partial charge in [-0.2, -0.15) is 0 Å². The van der Waals surface area contributed by atoms with Crippen LogP contribution in [0.2, 0.25) is 0 Å². The lowest BCUT2D eigenvalue weighted by molar-refractivity contribution is -0.137. The first kappa shape index (κ1) is 19.5. The lowest BCUT2D eigenvalue weighted by Gasteiger charge is -2.27. The quantitative estimate of drug-likeness (QED) is 0.506. The normalized spacial score (nSPS) is 12.5. The molecule has 0 fully saturated rings. The number of carbonyl (C=O) groups is 1. The molecule has 0 aliphatic rings. The Morgan fingerprint density at radius 1 is 1.22 bits per heavy atom. The summed E-state index contributed by atoms with van der Waals surface area (Å²) in [5.41, 5.74) is 0.379. The van der Waals surface area contributed by atoms with E-state index in [0.717, 1.165) is 13.0 Å². The van der Waals surface area contributed by atoms with E-state index in [4.69, 9.17) is 17.3 Å². The van der Waals surface area contributed by atoms with Crippen LogP contribution < -0.4 is 10.6 Å². The Labute approximate surface area is 143 Å². The number of carbonyl (C=O) groups excluding carboxylic acids is 1. The zero-order valence-electron chi connectivity index (χ0n) is 13.7. The molecule has 1 amide bonds. The molecule has 0 saturated heterocycles. The van der Waals surface area contributed by atoms with E-state index in [1.165, 1.54) is 5.56 Å². The fraction of sp³-hybridized carbons (Fsp3) is 0.529. The van der Waals surface area contributed by atoms with Gasteiger partial charge in [-0.15, -0.1) is 0 Å². The lowest BCUT2D eigenvalue weighted by Crippen LogP contribution is -2.46. The third-order valence-electron chi connectivity index (χ3n) is 3.63. The van der Waals surface area contributed by atoms with Gasteiger partial charge in [0.25, 0.3) is 0 Å². The summed E-state index contributed by atoms with van der Waals surface area (Å²) >= 11 is 5.22. The molecule has 0 aliphatic carbocycles. The Bertz CT molecular complexity index is 506. The molecule has 1 aromatic rings. The highest BCUT2D eigenvalue weighted by Crippen LogP contribution is 2.19. The maximum atomic E-state index is 11.8. The summed E-state index contributed by atoms with van der Waals surface area (Å²) in [5, 5.41) is 24.8. The number of hydrogen-bond acceptors (Lipinski definition) is 4. The van der Waals surface area contributed by atoms with Gasteiger partial charge in [0.2, 0.25) is 5.91 Å². The number of benzene rings is 1. The van der Waals surface area contributed by atoms with Crippen molar-refractivity contribution in [1.29, 1.82) is 0 Å². The van der Waals surface area contributed by atoms with Gasteiger partial charge in [-0.3, -0.25) is 4.79 Å². The summed E-state index contributed by atoms with van der Waals surface area (Å²) in [6.07, 6.45) is 0.158. The van der Waals surface area contributed by atoms with Gasteiger partial charge >= 0.3 is 0 Å². The topological polar surface area (TPSA) is 81.6 Å².